The highest BCUT2D eigenvalue weighted by atomic mass is 16.4. The van der Waals surface area contributed by atoms with Crippen LogP contribution < -0.4 is 0 Å². The summed E-state index contributed by atoms with van der Waals surface area (Å²) in [5, 5.41) is 19.5. The fourth-order valence-corrected chi connectivity index (χ4v) is 3.14. The van der Waals surface area contributed by atoms with Crippen LogP contribution in [0.5, 0.6) is 0 Å². The van der Waals surface area contributed by atoms with Crippen molar-refractivity contribution in [3.8, 4) is 0 Å². The molecule has 0 saturated heterocycles. The number of hydrogen-bond donors (Lipinski definition) is 2. The molecule has 0 aliphatic heterocycles. The second-order valence-electron chi connectivity index (χ2n) is 6.77. The zero-order valence-corrected chi connectivity index (χ0v) is 15.3. The van der Waals surface area contributed by atoms with Gasteiger partial charge in [-0.1, -0.05) is 39.2 Å². The highest BCUT2D eigenvalue weighted by molar-refractivity contribution is 5.66. The van der Waals surface area contributed by atoms with E-state index >= 15 is 0 Å². The van der Waals surface area contributed by atoms with Crippen molar-refractivity contribution in [2.24, 2.45) is 0 Å². The quantitative estimate of drug-likeness (QED) is 0.256. The molecule has 0 radical (unpaired) electrons. The molecule has 0 spiro atoms. The number of nitrogens with zero attached hydrogens (tertiary/aromatic N) is 1. The molecule has 0 heterocycles. The maximum absolute atomic E-state index is 11.0. The monoisotopic (exact) mass is 328 g/mol. The largest absolute Gasteiger partial charge is 0.481 e. The molecule has 0 fully saturated rings. The normalized spacial score (nSPS) is 13.0. The molecule has 0 aromatic heterocycles. The van der Waals surface area contributed by atoms with E-state index < -0.39 is 5.97 Å². The van der Waals surface area contributed by atoms with E-state index in [0.717, 1.165) is 68.9 Å². The lowest BCUT2D eigenvalue weighted by molar-refractivity contribution is -0.931. The molecule has 0 amide bonds. The average molecular weight is 329 g/mol. The van der Waals surface area contributed by atoms with Gasteiger partial charge in [0.05, 0.1) is 26.1 Å². The maximum atomic E-state index is 11.0. The Hall–Kier alpha value is -0.870. The van der Waals surface area contributed by atoms with E-state index in [2.05, 4.69) is 20.4 Å². The van der Waals surface area contributed by atoms with Crippen LogP contribution in [0.4, 0.5) is 0 Å². The Kier molecular flexibility index (Phi) is 13.0. The number of aliphatic carboxylic acids is 1. The van der Waals surface area contributed by atoms with Gasteiger partial charge in [-0.2, -0.15) is 0 Å². The van der Waals surface area contributed by atoms with Gasteiger partial charge < -0.3 is 14.7 Å². The Morgan fingerprint density at radius 3 is 2.17 bits per heavy atom. The van der Waals surface area contributed by atoms with Crippen LogP contribution in [0.15, 0.2) is 12.7 Å². The van der Waals surface area contributed by atoms with Gasteiger partial charge in [0.15, 0.2) is 0 Å². The first-order chi connectivity index (χ1) is 11.0. The summed E-state index contributed by atoms with van der Waals surface area (Å²) in [6, 6.07) is 0. The standard InChI is InChI=1S/C19H37NO3/c1-4-7-10-11-12-18(21)17-20(14-8-5-2,15-9-6-3)16-13-19(22)23/h4,18,21H,1,5-17H2,2-3H3/p+1. The Labute approximate surface area is 142 Å². The second-order valence-corrected chi connectivity index (χ2v) is 6.77. The molecule has 136 valence electrons. The minimum absolute atomic E-state index is 0.191. The summed E-state index contributed by atoms with van der Waals surface area (Å²) in [5.74, 6) is -0.735. The number of carbonyl (C=O) groups is 1. The van der Waals surface area contributed by atoms with Gasteiger partial charge in [-0.05, 0) is 32.1 Å². The van der Waals surface area contributed by atoms with E-state index in [1.165, 1.54) is 0 Å². The van der Waals surface area contributed by atoms with Crippen LogP contribution in [-0.2, 0) is 4.79 Å². The third kappa shape index (κ3) is 11.3. The van der Waals surface area contributed by atoms with Gasteiger partial charge in [0.1, 0.15) is 12.6 Å². The summed E-state index contributed by atoms with van der Waals surface area (Å²) in [5.41, 5.74) is 0. The number of aliphatic hydroxyl groups is 1. The highest BCUT2D eigenvalue weighted by Crippen LogP contribution is 2.17. The van der Waals surface area contributed by atoms with Gasteiger partial charge in [-0.3, -0.25) is 4.79 Å². The lowest BCUT2D eigenvalue weighted by Gasteiger charge is -2.40. The molecule has 0 saturated carbocycles. The van der Waals surface area contributed by atoms with Crippen LogP contribution in [0.1, 0.15) is 71.6 Å². The third-order valence-corrected chi connectivity index (χ3v) is 4.57. The van der Waals surface area contributed by atoms with E-state index in [4.69, 9.17) is 5.11 Å². The maximum Gasteiger partial charge on any atom is 0.309 e. The number of carboxylic acids is 1. The van der Waals surface area contributed by atoms with Crippen molar-refractivity contribution >= 4 is 5.97 Å². The fourth-order valence-electron chi connectivity index (χ4n) is 3.14. The van der Waals surface area contributed by atoms with Gasteiger partial charge in [-0.25, -0.2) is 0 Å². The highest BCUT2D eigenvalue weighted by Gasteiger charge is 2.30. The molecule has 4 heteroatoms. The summed E-state index contributed by atoms with van der Waals surface area (Å²) < 4.78 is 0.761. The van der Waals surface area contributed by atoms with Gasteiger partial charge in [0.25, 0.3) is 0 Å². The summed E-state index contributed by atoms with van der Waals surface area (Å²) >= 11 is 0. The minimum Gasteiger partial charge on any atom is -0.481 e. The first-order valence-electron chi connectivity index (χ1n) is 9.35. The van der Waals surface area contributed by atoms with E-state index in [-0.39, 0.29) is 12.5 Å². The molecule has 0 bridgehead atoms. The Balaban J connectivity index is 4.72. The van der Waals surface area contributed by atoms with Crippen molar-refractivity contribution < 1.29 is 19.5 Å². The van der Waals surface area contributed by atoms with Crippen molar-refractivity contribution in [2.45, 2.75) is 77.7 Å². The van der Waals surface area contributed by atoms with Crippen LogP contribution >= 0.6 is 0 Å². The number of rotatable bonds is 16. The lowest BCUT2D eigenvalue weighted by Crippen LogP contribution is -2.54. The molecule has 0 rings (SSSR count). The summed E-state index contributed by atoms with van der Waals surface area (Å²) in [7, 11) is 0. The first-order valence-corrected chi connectivity index (χ1v) is 9.35. The molecule has 0 aromatic rings. The Morgan fingerprint density at radius 2 is 1.70 bits per heavy atom. The summed E-state index contributed by atoms with van der Waals surface area (Å²) in [6.45, 7) is 11.3. The number of carboxylic acid groups (broad SMARTS) is 1. The molecule has 0 aliphatic carbocycles. The number of quaternary nitrogens is 1. The van der Waals surface area contributed by atoms with Gasteiger partial charge in [-0.15, -0.1) is 6.58 Å². The number of allylic oxidation sites excluding steroid dienone is 1. The molecule has 1 atom stereocenters. The van der Waals surface area contributed by atoms with Crippen LogP contribution in [0.25, 0.3) is 0 Å². The zero-order chi connectivity index (χ0) is 17.6. The molecular weight excluding hydrogens is 290 g/mol. The summed E-state index contributed by atoms with van der Waals surface area (Å²) in [6.07, 6.45) is 10.0. The summed E-state index contributed by atoms with van der Waals surface area (Å²) in [4.78, 5) is 11.0. The molecular formula is C19H38NO3+. The molecule has 2 N–H and O–H groups in total. The molecule has 4 nitrogen and oxygen atoms in total. The molecule has 1 unspecified atom stereocenters. The van der Waals surface area contributed by atoms with E-state index in [0.29, 0.717) is 13.1 Å². The van der Waals surface area contributed by atoms with Crippen molar-refractivity contribution in [1.29, 1.82) is 0 Å². The topological polar surface area (TPSA) is 57.5 Å². The van der Waals surface area contributed by atoms with Crippen molar-refractivity contribution in [2.75, 3.05) is 26.2 Å². The van der Waals surface area contributed by atoms with Crippen molar-refractivity contribution in [3.63, 3.8) is 0 Å². The van der Waals surface area contributed by atoms with E-state index in [1.54, 1.807) is 0 Å². The minimum atomic E-state index is -0.735. The van der Waals surface area contributed by atoms with Crippen molar-refractivity contribution in [3.05, 3.63) is 12.7 Å². The first kappa shape index (κ1) is 22.1. The van der Waals surface area contributed by atoms with Crippen molar-refractivity contribution in [1.82, 2.24) is 0 Å². The Bertz CT molecular complexity index is 310. The van der Waals surface area contributed by atoms with Gasteiger partial charge >= 0.3 is 5.97 Å². The van der Waals surface area contributed by atoms with Crippen LogP contribution in [0, 0.1) is 0 Å². The number of hydrogen-bond acceptors (Lipinski definition) is 2. The SMILES string of the molecule is C=CCCCCC(O)C[N+](CCCC)(CCCC)CCC(=O)O. The van der Waals surface area contributed by atoms with Crippen LogP contribution in [0.2, 0.25) is 0 Å². The fraction of sp³-hybridized carbons (Fsp3) is 0.842. The van der Waals surface area contributed by atoms with Crippen LogP contribution in [-0.4, -0.2) is 52.9 Å². The number of unbranched alkanes of at least 4 members (excludes halogenated alkanes) is 4. The molecule has 23 heavy (non-hydrogen) atoms. The molecule has 0 aromatic carbocycles. The van der Waals surface area contributed by atoms with E-state index in [1.807, 2.05) is 6.08 Å². The van der Waals surface area contributed by atoms with Crippen LogP contribution in [0.3, 0.4) is 0 Å². The second kappa shape index (κ2) is 13.6. The number of aliphatic hydroxyl groups excluding tert-OH is 1. The van der Waals surface area contributed by atoms with Gasteiger partial charge in [0.2, 0.25) is 0 Å². The predicted molar refractivity (Wildman–Crippen MR) is 96.5 cm³/mol. The third-order valence-electron chi connectivity index (χ3n) is 4.57. The zero-order valence-electron chi connectivity index (χ0n) is 15.3. The van der Waals surface area contributed by atoms with Gasteiger partial charge in [0, 0.05) is 0 Å². The average Bonchev–Trinajstić information content (AvgIpc) is 2.53. The van der Waals surface area contributed by atoms with E-state index in [9.17, 15) is 9.90 Å². The Morgan fingerprint density at radius 1 is 1.09 bits per heavy atom. The predicted octanol–water partition coefficient (Wildman–Crippen LogP) is 3.99. The molecule has 0 aliphatic rings. The smallest absolute Gasteiger partial charge is 0.309 e. The lowest BCUT2D eigenvalue weighted by atomic mass is 10.1.